The zero-order valence-electron chi connectivity index (χ0n) is 12.2. The van der Waals surface area contributed by atoms with Crippen LogP contribution in [0, 0.1) is 0 Å². The van der Waals surface area contributed by atoms with Crippen molar-refractivity contribution in [2.24, 2.45) is 21.5 Å². The molecule has 21 heavy (non-hydrogen) atoms. The number of benzene rings is 1. The maximum Gasteiger partial charge on any atom is 0.220 e. The summed E-state index contributed by atoms with van der Waals surface area (Å²) in [7, 11) is 0. The Kier molecular flexibility index (Phi) is 3.45. The lowest BCUT2D eigenvalue weighted by molar-refractivity contribution is 0.340. The topological polar surface area (TPSA) is 89.2 Å². The summed E-state index contributed by atoms with van der Waals surface area (Å²) in [6, 6.07) is 7.86. The third kappa shape index (κ3) is 2.41. The fraction of sp³-hybridized carbons (Fsp3) is 0.467. The highest BCUT2D eigenvalue weighted by atomic mass is 16.5. The minimum absolute atomic E-state index is 0.275. The van der Waals surface area contributed by atoms with Crippen molar-refractivity contribution in [3.8, 4) is 5.75 Å². The SMILES string of the molecule is CCOc1ccc(N2C(N)=NC(N)=NC23CCCC3)cc1. The number of ether oxygens (including phenoxy) is 1. The Morgan fingerprint density at radius 1 is 1.19 bits per heavy atom. The molecule has 2 aliphatic rings. The van der Waals surface area contributed by atoms with E-state index in [1.807, 2.05) is 36.1 Å². The molecular weight excluding hydrogens is 266 g/mol. The van der Waals surface area contributed by atoms with E-state index in [1.54, 1.807) is 0 Å². The average molecular weight is 287 g/mol. The van der Waals surface area contributed by atoms with Crippen LogP contribution in [0.5, 0.6) is 5.75 Å². The van der Waals surface area contributed by atoms with Gasteiger partial charge in [-0.3, -0.25) is 4.90 Å². The molecule has 0 saturated heterocycles. The first-order chi connectivity index (χ1) is 10.1. The van der Waals surface area contributed by atoms with Gasteiger partial charge in [-0.05, 0) is 56.9 Å². The van der Waals surface area contributed by atoms with E-state index in [9.17, 15) is 0 Å². The normalized spacial score (nSPS) is 20.3. The van der Waals surface area contributed by atoms with Crippen LogP contribution in [0.1, 0.15) is 32.6 Å². The Labute approximate surface area is 124 Å². The summed E-state index contributed by atoms with van der Waals surface area (Å²) in [5.41, 5.74) is 12.6. The van der Waals surface area contributed by atoms with E-state index in [0.29, 0.717) is 12.6 Å². The van der Waals surface area contributed by atoms with Crippen LogP contribution < -0.4 is 21.1 Å². The minimum atomic E-state index is -0.372. The van der Waals surface area contributed by atoms with Crippen LogP contribution in [0.2, 0.25) is 0 Å². The quantitative estimate of drug-likeness (QED) is 0.887. The first-order valence-corrected chi connectivity index (χ1v) is 7.37. The number of anilines is 1. The summed E-state index contributed by atoms with van der Waals surface area (Å²) in [4.78, 5) is 10.7. The number of rotatable bonds is 3. The van der Waals surface area contributed by atoms with Crippen LogP contribution in [0.3, 0.4) is 0 Å². The van der Waals surface area contributed by atoms with Crippen LogP contribution >= 0.6 is 0 Å². The van der Waals surface area contributed by atoms with Gasteiger partial charge in [-0.15, -0.1) is 0 Å². The second-order valence-corrected chi connectivity index (χ2v) is 5.39. The van der Waals surface area contributed by atoms with Crippen molar-refractivity contribution in [3.63, 3.8) is 0 Å². The lowest BCUT2D eigenvalue weighted by atomic mass is 10.1. The molecule has 4 N–H and O–H groups in total. The van der Waals surface area contributed by atoms with Crippen LogP contribution in [0.15, 0.2) is 34.3 Å². The van der Waals surface area contributed by atoms with E-state index in [2.05, 4.69) is 9.98 Å². The maximum absolute atomic E-state index is 6.14. The third-order valence-corrected chi connectivity index (χ3v) is 4.01. The lowest BCUT2D eigenvalue weighted by Crippen LogP contribution is -2.56. The smallest absolute Gasteiger partial charge is 0.220 e. The fourth-order valence-electron chi connectivity index (χ4n) is 3.18. The number of nitrogens with zero attached hydrogens (tertiary/aromatic N) is 3. The molecule has 1 aromatic rings. The van der Waals surface area contributed by atoms with Crippen molar-refractivity contribution in [1.82, 2.24) is 0 Å². The van der Waals surface area contributed by atoms with Gasteiger partial charge < -0.3 is 16.2 Å². The highest BCUT2D eigenvalue weighted by Gasteiger charge is 2.43. The van der Waals surface area contributed by atoms with E-state index in [-0.39, 0.29) is 11.6 Å². The molecule has 1 aromatic carbocycles. The molecule has 0 amide bonds. The summed E-state index contributed by atoms with van der Waals surface area (Å²) in [5, 5.41) is 0. The predicted octanol–water partition coefficient (Wildman–Crippen LogP) is 1.80. The van der Waals surface area contributed by atoms with Crippen molar-refractivity contribution >= 4 is 17.6 Å². The molecular formula is C15H21N5O. The molecule has 3 rings (SSSR count). The molecule has 0 unspecified atom stereocenters. The van der Waals surface area contributed by atoms with Gasteiger partial charge in [-0.2, -0.15) is 4.99 Å². The van der Waals surface area contributed by atoms with Crippen LogP contribution in [0.25, 0.3) is 0 Å². The zero-order chi connectivity index (χ0) is 14.9. The Bertz CT molecular complexity index is 572. The molecule has 6 nitrogen and oxygen atoms in total. The second kappa shape index (κ2) is 5.27. The minimum Gasteiger partial charge on any atom is -0.494 e. The highest BCUT2D eigenvalue weighted by Crippen LogP contribution is 2.40. The fourth-order valence-corrected chi connectivity index (χ4v) is 3.18. The van der Waals surface area contributed by atoms with Crippen molar-refractivity contribution in [2.75, 3.05) is 11.5 Å². The number of hydrogen-bond donors (Lipinski definition) is 2. The van der Waals surface area contributed by atoms with Gasteiger partial charge >= 0.3 is 0 Å². The van der Waals surface area contributed by atoms with Gasteiger partial charge in [0.2, 0.25) is 11.9 Å². The summed E-state index contributed by atoms with van der Waals surface area (Å²) < 4.78 is 5.48. The Morgan fingerprint density at radius 3 is 2.48 bits per heavy atom. The predicted molar refractivity (Wildman–Crippen MR) is 84.5 cm³/mol. The number of nitrogens with two attached hydrogens (primary N) is 2. The molecule has 112 valence electrons. The van der Waals surface area contributed by atoms with E-state index in [0.717, 1.165) is 37.1 Å². The molecule has 1 heterocycles. The van der Waals surface area contributed by atoms with Crippen molar-refractivity contribution < 1.29 is 4.74 Å². The van der Waals surface area contributed by atoms with Gasteiger partial charge in [0.15, 0.2) is 0 Å². The molecule has 1 spiro atoms. The van der Waals surface area contributed by atoms with Crippen LogP contribution in [-0.2, 0) is 0 Å². The molecule has 1 fully saturated rings. The van der Waals surface area contributed by atoms with Crippen molar-refractivity contribution in [1.29, 1.82) is 0 Å². The second-order valence-electron chi connectivity index (χ2n) is 5.39. The van der Waals surface area contributed by atoms with Gasteiger partial charge in [0, 0.05) is 5.69 Å². The number of hydrogen-bond acceptors (Lipinski definition) is 6. The molecule has 1 aliphatic heterocycles. The summed E-state index contributed by atoms with van der Waals surface area (Å²) in [6.45, 7) is 2.62. The van der Waals surface area contributed by atoms with E-state index >= 15 is 0 Å². The van der Waals surface area contributed by atoms with Crippen molar-refractivity contribution in [2.45, 2.75) is 38.3 Å². The monoisotopic (exact) mass is 287 g/mol. The van der Waals surface area contributed by atoms with E-state index in [4.69, 9.17) is 16.2 Å². The molecule has 0 bridgehead atoms. The Balaban J connectivity index is 1.96. The van der Waals surface area contributed by atoms with Crippen LogP contribution in [0.4, 0.5) is 5.69 Å². The number of guanidine groups is 2. The maximum atomic E-state index is 6.14. The van der Waals surface area contributed by atoms with Gasteiger partial charge in [-0.1, -0.05) is 0 Å². The first kappa shape index (κ1) is 13.7. The molecule has 1 aliphatic carbocycles. The van der Waals surface area contributed by atoms with Gasteiger partial charge in [0.1, 0.15) is 11.4 Å². The van der Waals surface area contributed by atoms with Crippen LogP contribution in [-0.4, -0.2) is 24.2 Å². The van der Waals surface area contributed by atoms with Gasteiger partial charge in [-0.25, -0.2) is 4.99 Å². The molecule has 0 aromatic heterocycles. The van der Waals surface area contributed by atoms with Crippen molar-refractivity contribution in [3.05, 3.63) is 24.3 Å². The average Bonchev–Trinajstić information content (AvgIpc) is 2.88. The lowest BCUT2D eigenvalue weighted by Gasteiger charge is -2.41. The third-order valence-electron chi connectivity index (χ3n) is 4.01. The molecule has 6 heteroatoms. The van der Waals surface area contributed by atoms with Gasteiger partial charge in [0.25, 0.3) is 0 Å². The first-order valence-electron chi connectivity index (χ1n) is 7.37. The molecule has 0 atom stereocenters. The largest absolute Gasteiger partial charge is 0.494 e. The standard InChI is InChI=1S/C15H21N5O/c1-2-21-12-7-5-11(6-8-12)20-14(17)18-13(16)19-15(20)9-3-4-10-15/h5-8H,2-4,9-10H2,1H3,(H4,16,17,18,19). The molecule has 1 saturated carbocycles. The highest BCUT2D eigenvalue weighted by molar-refractivity contribution is 6.05. The van der Waals surface area contributed by atoms with E-state index in [1.165, 1.54) is 0 Å². The Hall–Kier alpha value is -2.24. The zero-order valence-corrected chi connectivity index (χ0v) is 12.2. The Morgan fingerprint density at radius 2 is 1.86 bits per heavy atom. The van der Waals surface area contributed by atoms with E-state index < -0.39 is 0 Å². The van der Waals surface area contributed by atoms with Gasteiger partial charge in [0.05, 0.1) is 6.61 Å². The summed E-state index contributed by atoms with van der Waals surface area (Å²) in [6.07, 6.45) is 4.13. The molecule has 0 radical (unpaired) electrons. The summed E-state index contributed by atoms with van der Waals surface area (Å²) >= 11 is 0. The number of aliphatic imine (C=N–C) groups is 2. The summed E-state index contributed by atoms with van der Waals surface area (Å²) in [5.74, 6) is 1.53.